The molecular formula is C16H29N5O5. The Morgan fingerprint density at radius 2 is 1.54 bits per heavy atom. The van der Waals surface area contributed by atoms with Gasteiger partial charge in [0.15, 0.2) is 0 Å². The molecule has 10 heteroatoms. The quantitative estimate of drug-likeness (QED) is 0.317. The van der Waals surface area contributed by atoms with Crippen LogP contribution in [0.3, 0.4) is 0 Å². The van der Waals surface area contributed by atoms with Crippen LogP contribution in [0.25, 0.3) is 10.4 Å². The van der Waals surface area contributed by atoms with E-state index in [9.17, 15) is 14.4 Å². The molecule has 3 amide bonds. The first-order chi connectivity index (χ1) is 11.9. The van der Waals surface area contributed by atoms with Crippen molar-refractivity contribution in [2.75, 3.05) is 19.6 Å². The number of nitrogens with one attached hydrogen (secondary N) is 1. The van der Waals surface area contributed by atoms with Crippen molar-refractivity contribution >= 4 is 18.1 Å². The molecule has 0 aliphatic rings. The van der Waals surface area contributed by atoms with Crippen LogP contribution in [0.5, 0.6) is 0 Å². The molecule has 26 heavy (non-hydrogen) atoms. The van der Waals surface area contributed by atoms with E-state index >= 15 is 0 Å². The molecule has 0 unspecified atom stereocenters. The minimum Gasteiger partial charge on any atom is -0.443 e. The largest absolute Gasteiger partial charge is 0.443 e. The van der Waals surface area contributed by atoms with E-state index < -0.39 is 23.4 Å². The second kappa shape index (κ2) is 10.5. The molecule has 0 heterocycles. The van der Waals surface area contributed by atoms with Gasteiger partial charge in [-0.25, -0.2) is 14.5 Å². The van der Waals surface area contributed by atoms with E-state index in [-0.39, 0.29) is 25.4 Å². The van der Waals surface area contributed by atoms with Crippen LogP contribution in [-0.2, 0) is 14.3 Å². The van der Waals surface area contributed by atoms with Gasteiger partial charge in [0.05, 0.1) is 0 Å². The zero-order valence-corrected chi connectivity index (χ0v) is 16.4. The predicted molar refractivity (Wildman–Crippen MR) is 95.4 cm³/mol. The summed E-state index contributed by atoms with van der Waals surface area (Å²) in [7, 11) is 0. The van der Waals surface area contributed by atoms with Crippen molar-refractivity contribution in [2.24, 2.45) is 5.11 Å². The lowest BCUT2D eigenvalue weighted by atomic mass is 10.2. The number of hydrogen-bond acceptors (Lipinski definition) is 6. The first-order valence-electron chi connectivity index (χ1n) is 8.37. The molecule has 0 aromatic rings. The van der Waals surface area contributed by atoms with Crippen LogP contribution in [0.2, 0.25) is 0 Å². The Labute approximate surface area is 153 Å². The van der Waals surface area contributed by atoms with Crippen LogP contribution in [0.1, 0.15) is 54.4 Å². The maximum absolute atomic E-state index is 12.3. The Morgan fingerprint density at radius 3 is 1.96 bits per heavy atom. The number of nitrogens with zero attached hydrogens (tertiary/aromatic N) is 4. The predicted octanol–water partition coefficient (Wildman–Crippen LogP) is 3.37. The van der Waals surface area contributed by atoms with Crippen LogP contribution in [0, 0.1) is 0 Å². The number of rotatable bonds is 7. The second-order valence-electron chi connectivity index (χ2n) is 7.52. The van der Waals surface area contributed by atoms with E-state index in [4.69, 9.17) is 15.0 Å². The molecule has 0 saturated heterocycles. The van der Waals surface area contributed by atoms with Crippen molar-refractivity contribution in [1.82, 2.24) is 10.2 Å². The maximum Gasteiger partial charge on any atom is 0.419 e. The molecule has 0 aromatic carbocycles. The zero-order chi connectivity index (χ0) is 20.4. The Balaban J connectivity index is 4.75. The van der Waals surface area contributed by atoms with E-state index in [0.717, 1.165) is 4.90 Å². The highest BCUT2D eigenvalue weighted by Crippen LogP contribution is 2.14. The van der Waals surface area contributed by atoms with E-state index in [1.54, 1.807) is 41.5 Å². The van der Waals surface area contributed by atoms with Gasteiger partial charge in [0.2, 0.25) is 5.91 Å². The molecule has 0 fully saturated rings. The lowest BCUT2D eigenvalue weighted by Crippen LogP contribution is -2.45. The summed E-state index contributed by atoms with van der Waals surface area (Å²) >= 11 is 0. The highest BCUT2D eigenvalue weighted by atomic mass is 16.6. The van der Waals surface area contributed by atoms with Crippen molar-refractivity contribution in [3.8, 4) is 0 Å². The van der Waals surface area contributed by atoms with Gasteiger partial charge in [-0.1, -0.05) is 5.11 Å². The second-order valence-corrected chi connectivity index (χ2v) is 7.52. The van der Waals surface area contributed by atoms with E-state index in [0.29, 0.717) is 13.0 Å². The summed E-state index contributed by atoms with van der Waals surface area (Å²) in [4.78, 5) is 39.7. The van der Waals surface area contributed by atoms with Gasteiger partial charge >= 0.3 is 12.2 Å². The van der Waals surface area contributed by atoms with Gasteiger partial charge in [-0.2, -0.15) is 0 Å². The summed E-state index contributed by atoms with van der Waals surface area (Å²) in [5.74, 6) is -0.344. The molecular weight excluding hydrogens is 342 g/mol. The van der Waals surface area contributed by atoms with E-state index in [1.807, 2.05) is 0 Å². The number of ether oxygens (including phenoxy) is 2. The summed E-state index contributed by atoms with van der Waals surface area (Å²) in [5.41, 5.74) is 6.58. The van der Waals surface area contributed by atoms with Crippen molar-refractivity contribution in [3.63, 3.8) is 0 Å². The highest BCUT2D eigenvalue weighted by molar-refractivity contribution is 5.89. The Hall–Kier alpha value is -2.48. The molecule has 10 nitrogen and oxygen atoms in total. The maximum atomic E-state index is 12.3. The third-order valence-electron chi connectivity index (χ3n) is 2.61. The summed E-state index contributed by atoms with van der Waals surface area (Å²) in [5, 5.41) is 5.97. The molecule has 148 valence electrons. The van der Waals surface area contributed by atoms with Crippen molar-refractivity contribution in [1.29, 1.82) is 0 Å². The molecule has 0 atom stereocenters. The number of imide groups is 1. The van der Waals surface area contributed by atoms with Crippen LogP contribution >= 0.6 is 0 Å². The number of hydrogen-bond donors (Lipinski definition) is 1. The zero-order valence-electron chi connectivity index (χ0n) is 16.4. The fourth-order valence-electron chi connectivity index (χ4n) is 1.62. The van der Waals surface area contributed by atoms with Crippen LogP contribution in [0.15, 0.2) is 5.11 Å². The Kier molecular flexibility index (Phi) is 9.50. The van der Waals surface area contributed by atoms with E-state index in [1.165, 1.54) is 0 Å². The third-order valence-corrected chi connectivity index (χ3v) is 2.61. The summed E-state index contributed by atoms with van der Waals surface area (Å²) < 4.78 is 10.4. The number of azide groups is 1. The van der Waals surface area contributed by atoms with Crippen molar-refractivity contribution < 1.29 is 23.9 Å². The lowest BCUT2D eigenvalue weighted by molar-refractivity contribution is -0.121. The van der Waals surface area contributed by atoms with Crippen LogP contribution < -0.4 is 5.32 Å². The van der Waals surface area contributed by atoms with Gasteiger partial charge in [-0.3, -0.25) is 4.79 Å². The summed E-state index contributed by atoms with van der Waals surface area (Å²) in [6.07, 6.45) is -1.34. The smallest absolute Gasteiger partial charge is 0.419 e. The fourth-order valence-corrected chi connectivity index (χ4v) is 1.62. The molecule has 0 aliphatic carbocycles. The number of carbonyl (C=O) groups is 3. The molecule has 0 bridgehead atoms. The fraction of sp³-hybridized carbons (Fsp3) is 0.812. The molecule has 0 aromatic heterocycles. The standard InChI is InChI=1S/C16H29N5O5/c1-15(2,3)25-13(23)21(14(24)26-16(4,5)6)11-8-12(22)18-9-7-10-19-20-17/h7-11H2,1-6H3,(H,18,22). The molecule has 0 aliphatic heterocycles. The molecule has 0 spiro atoms. The normalized spacial score (nSPS) is 11.2. The van der Waals surface area contributed by atoms with Crippen molar-refractivity contribution in [2.45, 2.75) is 65.6 Å². The molecule has 0 radical (unpaired) electrons. The Bertz CT molecular complexity index is 516. The van der Waals surface area contributed by atoms with Gasteiger partial charge in [-0.05, 0) is 53.5 Å². The SMILES string of the molecule is CC(C)(C)OC(=O)N(CCC(=O)NCCCN=[N+]=[N-])C(=O)OC(C)(C)C. The Morgan fingerprint density at radius 1 is 1.04 bits per heavy atom. The minimum atomic E-state index is -0.872. The highest BCUT2D eigenvalue weighted by Gasteiger charge is 2.31. The van der Waals surface area contributed by atoms with Crippen molar-refractivity contribution in [3.05, 3.63) is 10.4 Å². The third kappa shape index (κ3) is 12.0. The first kappa shape index (κ1) is 23.5. The minimum absolute atomic E-state index is 0.0972. The van der Waals surface area contributed by atoms with Gasteiger partial charge in [0, 0.05) is 31.0 Å². The van der Waals surface area contributed by atoms with E-state index in [2.05, 4.69) is 15.3 Å². The first-order valence-corrected chi connectivity index (χ1v) is 8.37. The number of amides is 3. The monoisotopic (exact) mass is 371 g/mol. The molecule has 1 N–H and O–H groups in total. The van der Waals surface area contributed by atoms with Gasteiger partial charge in [0.1, 0.15) is 11.2 Å². The summed E-state index contributed by atoms with van der Waals surface area (Å²) in [6, 6.07) is 0. The lowest BCUT2D eigenvalue weighted by Gasteiger charge is -2.28. The average molecular weight is 371 g/mol. The van der Waals surface area contributed by atoms with Crippen LogP contribution in [-0.4, -0.2) is 53.8 Å². The van der Waals surface area contributed by atoms with Gasteiger partial charge in [-0.15, -0.1) is 0 Å². The van der Waals surface area contributed by atoms with Gasteiger partial charge in [0.25, 0.3) is 0 Å². The van der Waals surface area contributed by atoms with Gasteiger partial charge < -0.3 is 14.8 Å². The average Bonchev–Trinajstić information content (AvgIpc) is 2.43. The number of carbonyl (C=O) groups excluding carboxylic acids is 3. The van der Waals surface area contributed by atoms with Crippen LogP contribution in [0.4, 0.5) is 9.59 Å². The summed E-state index contributed by atoms with van der Waals surface area (Å²) in [6.45, 7) is 10.5. The molecule has 0 rings (SSSR count). The topological polar surface area (TPSA) is 134 Å². The molecule has 0 saturated carbocycles.